The van der Waals surface area contributed by atoms with E-state index in [0.29, 0.717) is 0 Å². The van der Waals surface area contributed by atoms with Crippen LogP contribution in [0, 0.1) is 0 Å². The van der Waals surface area contributed by atoms with E-state index in [1.54, 1.807) is 0 Å². The van der Waals surface area contributed by atoms with Gasteiger partial charge >= 0.3 is 0 Å². The second kappa shape index (κ2) is 4.17. The maximum absolute atomic E-state index is 5.82. The highest BCUT2D eigenvalue weighted by Crippen LogP contribution is 2.20. The molecule has 2 aliphatic rings. The molecular weight excluding hydrogens is 176 g/mol. The van der Waals surface area contributed by atoms with E-state index in [1.807, 2.05) is 0 Å². The molecule has 0 saturated carbocycles. The van der Waals surface area contributed by atoms with Crippen LogP contribution in [0.5, 0.6) is 0 Å². The molecule has 2 fully saturated rings. The topological polar surface area (TPSA) is 24.5 Å². The van der Waals surface area contributed by atoms with Gasteiger partial charge in [0, 0.05) is 32.3 Å². The molecule has 0 spiro atoms. The molecule has 3 heteroatoms. The zero-order chi connectivity index (χ0) is 10.0. The van der Waals surface area contributed by atoms with E-state index >= 15 is 0 Å². The normalized spacial score (nSPS) is 34.3. The monoisotopic (exact) mass is 198 g/mol. The van der Waals surface area contributed by atoms with Crippen molar-refractivity contribution in [2.45, 2.75) is 38.3 Å². The van der Waals surface area contributed by atoms with Gasteiger partial charge in [-0.25, -0.2) is 0 Å². The van der Waals surface area contributed by atoms with Crippen molar-refractivity contribution in [3.05, 3.63) is 0 Å². The summed E-state index contributed by atoms with van der Waals surface area (Å²) in [5, 5.41) is 3.43. The Morgan fingerprint density at radius 1 is 1.43 bits per heavy atom. The minimum atomic E-state index is 0.0408. The fraction of sp³-hybridized carbons (Fsp3) is 1.00. The minimum Gasteiger partial charge on any atom is -0.374 e. The number of ether oxygens (including phenoxy) is 1. The molecule has 0 aliphatic carbocycles. The van der Waals surface area contributed by atoms with Crippen LogP contribution >= 0.6 is 0 Å². The fourth-order valence-electron chi connectivity index (χ4n) is 2.49. The van der Waals surface area contributed by atoms with Crippen molar-refractivity contribution in [2.24, 2.45) is 0 Å². The predicted octanol–water partition coefficient (Wildman–Crippen LogP) is 0.849. The second-order valence-electron chi connectivity index (χ2n) is 5.08. The molecule has 2 aliphatic heterocycles. The van der Waals surface area contributed by atoms with Gasteiger partial charge in [-0.1, -0.05) is 0 Å². The Morgan fingerprint density at radius 3 is 3.00 bits per heavy atom. The Bertz CT molecular complexity index is 188. The smallest absolute Gasteiger partial charge is 0.0752 e. The molecule has 0 aromatic heterocycles. The van der Waals surface area contributed by atoms with Gasteiger partial charge in [-0.15, -0.1) is 0 Å². The molecule has 2 saturated heterocycles. The largest absolute Gasteiger partial charge is 0.374 e. The molecule has 82 valence electrons. The van der Waals surface area contributed by atoms with E-state index in [4.69, 9.17) is 4.74 Å². The molecule has 0 radical (unpaired) electrons. The maximum atomic E-state index is 5.82. The summed E-state index contributed by atoms with van der Waals surface area (Å²) in [7, 11) is 0. The van der Waals surface area contributed by atoms with Crippen LogP contribution in [0.4, 0.5) is 0 Å². The molecule has 0 bridgehead atoms. The lowest BCUT2D eigenvalue weighted by Gasteiger charge is -2.32. The number of hydrogen-bond acceptors (Lipinski definition) is 3. The highest BCUT2D eigenvalue weighted by molar-refractivity contribution is 4.86. The highest BCUT2D eigenvalue weighted by atomic mass is 16.5. The lowest BCUT2D eigenvalue weighted by atomic mass is 10.1. The van der Waals surface area contributed by atoms with Gasteiger partial charge in [0.2, 0.25) is 0 Å². The molecule has 2 rings (SSSR count). The molecule has 2 heterocycles. The van der Waals surface area contributed by atoms with Crippen LogP contribution in [0.25, 0.3) is 0 Å². The van der Waals surface area contributed by atoms with Gasteiger partial charge in [0.1, 0.15) is 0 Å². The Morgan fingerprint density at radius 2 is 2.29 bits per heavy atom. The standard InChI is InChI=1S/C11H22N2O/c1-11(2)9-13(6-3-7-14-11)10-4-5-12-8-10/h10,12H,3-9H2,1-2H3. The Kier molecular flexibility index (Phi) is 3.10. The third-order valence-corrected chi connectivity index (χ3v) is 3.22. The van der Waals surface area contributed by atoms with Crippen LogP contribution in [0.1, 0.15) is 26.7 Å². The van der Waals surface area contributed by atoms with Crippen LogP contribution in [-0.2, 0) is 4.74 Å². The third kappa shape index (κ3) is 2.47. The number of rotatable bonds is 1. The first-order valence-corrected chi connectivity index (χ1v) is 5.76. The van der Waals surface area contributed by atoms with Crippen molar-refractivity contribution in [2.75, 3.05) is 32.8 Å². The van der Waals surface area contributed by atoms with Crippen molar-refractivity contribution in [1.82, 2.24) is 10.2 Å². The van der Waals surface area contributed by atoms with E-state index in [1.165, 1.54) is 25.9 Å². The summed E-state index contributed by atoms with van der Waals surface area (Å²) in [6.45, 7) is 9.96. The summed E-state index contributed by atoms with van der Waals surface area (Å²) in [6, 6.07) is 0.746. The minimum absolute atomic E-state index is 0.0408. The first-order chi connectivity index (χ1) is 6.67. The average molecular weight is 198 g/mol. The van der Waals surface area contributed by atoms with Crippen molar-refractivity contribution >= 4 is 0 Å². The van der Waals surface area contributed by atoms with Crippen molar-refractivity contribution in [1.29, 1.82) is 0 Å². The fourth-order valence-corrected chi connectivity index (χ4v) is 2.49. The molecule has 3 nitrogen and oxygen atoms in total. The number of nitrogens with zero attached hydrogens (tertiary/aromatic N) is 1. The summed E-state index contributed by atoms with van der Waals surface area (Å²) >= 11 is 0. The quantitative estimate of drug-likeness (QED) is 0.676. The number of nitrogens with one attached hydrogen (secondary N) is 1. The van der Waals surface area contributed by atoms with Gasteiger partial charge < -0.3 is 10.1 Å². The van der Waals surface area contributed by atoms with Crippen LogP contribution in [-0.4, -0.2) is 49.3 Å². The van der Waals surface area contributed by atoms with Crippen LogP contribution in [0.15, 0.2) is 0 Å². The van der Waals surface area contributed by atoms with Crippen LogP contribution in [0.3, 0.4) is 0 Å². The summed E-state index contributed by atoms with van der Waals surface area (Å²) in [5.74, 6) is 0. The molecule has 0 aromatic carbocycles. The van der Waals surface area contributed by atoms with E-state index in [0.717, 1.165) is 25.7 Å². The average Bonchev–Trinajstić information content (AvgIpc) is 2.57. The zero-order valence-electron chi connectivity index (χ0n) is 9.38. The van der Waals surface area contributed by atoms with Crippen molar-refractivity contribution in [3.63, 3.8) is 0 Å². The van der Waals surface area contributed by atoms with Crippen LogP contribution < -0.4 is 5.32 Å². The summed E-state index contributed by atoms with van der Waals surface area (Å²) < 4.78 is 5.82. The first-order valence-electron chi connectivity index (χ1n) is 5.76. The third-order valence-electron chi connectivity index (χ3n) is 3.22. The van der Waals surface area contributed by atoms with Crippen LogP contribution in [0.2, 0.25) is 0 Å². The predicted molar refractivity (Wildman–Crippen MR) is 57.5 cm³/mol. The van der Waals surface area contributed by atoms with E-state index in [-0.39, 0.29) is 5.60 Å². The number of hydrogen-bond donors (Lipinski definition) is 1. The molecule has 1 atom stereocenters. The molecule has 1 N–H and O–H groups in total. The Labute approximate surface area is 86.8 Å². The summed E-state index contributed by atoms with van der Waals surface area (Å²) in [6.07, 6.45) is 2.48. The van der Waals surface area contributed by atoms with Gasteiger partial charge in [-0.3, -0.25) is 4.90 Å². The Hall–Kier alpha value is -0.120. The lowest BCUT2D eigenvalue weighted by Crippen LogP contribution is -2.44. The molecule has 0 amide bonds. The van der Waals surface area contributed by atoms with Gasteiger partial charge in [-0.2, -0.15) is 0 Å². The maximum Gasteiger partial charge on any atom is 0.0752 e. The van der Waals surface area contributed by atoms with Crippen molar-refractivity contribution in [3.8, 4) is 0 Å². The van der Waals surface area contributed by atoms with Gasteiger partial charge in [-0.05, 0) is 33.2 Å². The van der Waals surface area contributed by atoms with Gasteiger partial charge in [0.25, 0.3) is 0 Å². The van der Waals surface area contributed by atoms with Gasteiger partial charge in [0.05, 0.1) is 5.60 Å². The van der Waals surface area contributed by atoms with E-state index in [9.17, 15) is 0 Å². The summed E-state index contributed by atoms with van der Waals surface area (Å²) in [4.78, 5) is 2.60. The molecule has 14 heavy (non-hydrogen) atoms. The lowest BCUT2D eigenvalue weighted by molar-refractivity contribution is -0.0212. The van der Waals surface area contributed by atoms with Crippen molar-refractivity contribution < 1.29 is 4.74 Å². The zero-order valence-corrected chi connectivity index (χ0v) is 9.38. The van der Waals surface area contributed by atoms with Gasteiger partial charge in [0.15, 0.2) is 0 Å². The summed E-state index contributed by atoms with van der Waals surface area (Å²) in [5.41, 5.74) is 0.0408. The molecule has 0 aromatic rings. The SMILES string of the molecule is CC1(C)CN(C2CCNC2)CCCO1. The molecular formula is C11H22N2O. The van der Waals surface area contributed by atoms with E-state index < -0.39 is 0 Å². The van der Waals surface area contributed by atoms with E-state index in [2.05, 4.69) is 24.1 Å². The molecule has 1 unspecified atom stereocenters. The Balaban J connectivity index is 1.95. The second-order valence-corrected chi connectivity index (χ2v) is 5.08. The first kappa shape index (κ1) is 10.4. The highest BCUT2D eigenvalue weighted by Gasteiger charge is 2.30.